The summed E-state index contributed by atoms with van der Waals surface area (Å²) < 4.78 is 18.0. The Balaban J connectivity index is 1.26. The van der Waals surface area contributed by atoms with Gasteiger partial charge in [-0.15, -0.1) is 0 Å². The van der Waals surface area contributed by atoms with Crippen LogP contribution in [0.1, 0.15) is 69.4 Å². The van der Waals surface area contributed by atoms with Crippen LogP contribution < -0.4 is 0 Å². The maximum absolute atomic E-state index is 12.4. The normalized spacial score (nSPS) is 18.0. The zero-order valence-electron chi connectivity index (χ0n) is 21.4. The SMILES string of the molecule is CCCOCc1ccc(-c2ccc(-c3ccc(CCC4CCC(CCCF)CC4)cc3)cc2)cc1. The summed E-state index contributed by atoms with van der Waals surface area (Å²) in [6, 6.07) is 26.7. The molecule has 0 amide bonds. The van der Waals surface area contributed by atoms with Crippen molar-refractivity contribution in [2.75, 3.05) is 13.3 Å². The number of ether oxygens (including phenoxy) is 1. The molecule has 186 valence electrons. The van der Waals surface area contributed by atoms with Gasteiger partial charge in [-0.3, -0.25) is 4.39 Å². The predicted octanol–water partition coefficient (Wildman–Crippen LogP) is 9.44. The second-order valence-electron chi connectivity index (χ2n) is 10.3. The van der Waals surface area contributed by atoms with E-state index in [1.165, 1.54) is 71.9 Å². The Morgan fingerprint density at radius 1 is 0.657 bits per heavy atom. The Bertz CT molecular complexity index is 983. The van der Waals surface area contributed by atoms with Gasteiger partial charge in [-0.25, -0.2) is 0 Å². The highest BCUT2D eigenvalue weighted by Gasteiger charge is 2.20. The second-order valence-corrected chi connectivity index (χ2v) is 10.3. The van der Waals surface area contributed by atoms with E-state index in [1.807, 2.05) is 0 Å². The van der Waals surface area contributed by atoms with Crippen LogP contribution in [0.25, 0.3) is 22.3 Å². The van der Waals surface area contributed by atoms with Crippen molar-refractivity contribution in [2.45, 2.75) is 71.3 Å². The molecule has 35 heavy (non-hydrogen) atoms. The Morgan fingerprint density at radius 3 is 1.60 bits per heavy atom. The minimum absolute atomic E-state index is 0.150. The first kappa shape index (κ1) is 25.6. The quantitative estimate of drug-likeness (QED) is 0.239. The molecule has 1 aliphatic carbocycles. The molecule has 0 radical (unpaired) electrons. The third-order valence-corrected chi connectivity index (χ3v) is 7.63. The molecule has 0 N–H and O–H groups in total. The van der Waals surface area contributed by atoms with Gasteiger partial charge in [-0.1, -0.05) is 105 Å². The van der Waals surface area contributed by atoms with Crippen LogP contribution in [0.2, 0.25) is 0 Å². The molecule has 1 nitrogen and oxygen atoms in total. The minimum Gasteiger partial charge on any atom is -0.377 e. The van der Waals surface area contributed by atoms with Crippen molar-refractivity contribution in [2.24, 2.45) is 11.8 Å². The fourth-order valence-corrected chi connectivity index (χ4v) is 5.39. The topological polar surface area (TPSA) is 9.23 Å². The minimum atomic E-state index is -0.150. The molecule has 4 rings (SSSR count). The summed E-state index contributed by atoms with van der Waals surface area (Å²) in [6.45, 7) is 3.48. The molecule has 0 atom stereocenters. The van der Waals surface area contributed by atoms with Gasteiger partial charge in [-0.2, -0.15) is 0 Å². The van der Waals surface area contributed by atoms with E-state index in [4.69, 9.17) is 4.74 Å². The van der Waals surface area contributed by atoms with E-state index in [0.717, 1.165) is 37.7 Å². The highest BCUT2D eigenvalue weighted by molar-refractivity contribution is 5.70. The monoisotopic (exact) mass is 472 g/mol. The largest absolute Gasteiger partial charge is 0.377 e. The van der Waals surface area contributed by atoms with Crippen LogP contribution in [0.4, 0.5) is 4.39 Å². The maximum Gasteiger partial charge on any atom is 0.0894 e. The van der Waals surface area contributed by atoms with E-state index in [1.54, 1.807) is 0 Å². The molecule has 3 aromatic rings. The first-order valence-electron chi connectivity index (χ1n) is 13.7. The van der Waals surface area contributed by atoms with Gasteiger partial charge in [0.1, 0.15) is 0 Å². The van der Waals surface area contributed by atoms with Crippen molar-refractivity contribution in [3.63, 3.8) is 0 Å². The third-order valence-electron chi connectivity index (χ3n) is 7.63. The highest BCUT2D eigenvalue weighted by Crippen LogP contribution is 2.34. The summed E-state index contributed by atoms with van der Waals surface area (Å²) in [4.78, 5) is 0. The average molecular weight is 473 g/mol. The highest BCUT2D eigenvalue weighted by atomic mass is 19.1. The van der Waals surface area contributed by atoms with Gasteiger partial charge in [0.15, 0.2) is 0 Å². The molecule has 0 bridgehead atoms. The lowest BCUT2D eigenvalue weighted by Gasteiger charge is -2.28. The van der Waals surface area contributed by atoms with Crippen LogP contribution >= 0.6 is 0 Å². The van der Waals surface area contributed by atoms with Crippen LogP contribution in [-0.4, -0.2) is 13.3 Å². The summed E-state index contributed by atoms with van der Waals surface area (Å²) in [6.07, 6.45) is 10.6. The summed E-state index contributed by atoms with van der Waals surface area (Å²) in [5, 5.41) is 0. The molecular formula is C33H41FO. The van der Waals surface area contributed by atoms with Crippen molar-refractivity contribution >= 4 is 0 Å². The van der Waals surface area contributed by atoms with Gasteiger partial charge in [-0.05, 0) is 77.3 Å². The first-order valence-corrected chi connectivity index (χ1v) is 13.7. The van der Waals surface area contributed by atoms with E-state index >= 15 is 0 Å². The zero-order valence-corrected chi connectivity index (χ0v) is 21.4. The van der Waals surface area contributed by atoms with Gasteiger partial charge < -0.3 is 4.74 Å². The maximum atomic E-state index is 12.4. The fraction of sp³-hybridized carbons (Fsp3) is 0.455. The van der Waals surface area contributed by atoms with Crippen LogP contribution in [0.3, 0.4) is 0 Å². The molecule has 1 saturated carbocycles. The summed E-state index contributed by atoms with van der Waals surface area (Å²) in [7, 11) is 0. The number of hydrogen-bond donors (Lipinski definition) is 0. The van der Waals surface area contributed by atoms with Gasteiger partial charge in [0.25, 0.3) is 0 Å². The molecule has 3 aromatic carbocycles. The van der Waals surface area contributed by atoms with Gasteiger partial charge in [0, 0.05) is 6.61 Å². The second kappa shape index (κ2) is 13.6. The van der Waals surface area contributed by atoms with Crippen molar-refractivity contribution in [1.82, 2.24) is 0 Å². The molecule has 0 aromatic heterocycles. The van der Waals surface area contributed by atoms with Crippen molar-refractivity contribution in [3.8, 4) is 22.3 Å². The smallest absolute Gasteiger partial charge is 0.0894 e. The number of hydrogen-bond acceptors (Lipinski definition) is 1. The fourth-order valence-electron chi connectivity index (χ4n) is 5.39. The molecule has 0 heterocycles. The molecular weight excluding hydrogens is 431 g/mol. The Kier molecular flexibility index (Phi) is 9.95. The summed E-state index contributed by atoms with van der Waals surface area (Å²) in [5.74, 6) is 1.62. The molecule has 0 saturated heterocycles. The van der Waals surface area contributed by atoms with Gasteiger partial charge in [0.2, 0.25) is 0 Å². The molecule has 0 aliphatic heterocycles. The number of halogens is 1. The summed E-state index contributed by atoms with van der Waals surface area (Å²) >= 11 is 0. The van der Waals surface area contributed by atoms with E-state index in [2.05, 4.69) is 79.7 Å². The van der Waals surface area contributed by atoms with Crippen molar-refractivity contribution in [1.29, 1.82) is 0 Å². The number of alkyl halides is 1. The Morgan fingerprint density at radius 2 is 1.11 bits per heavy atom. The van der Waals surface area contributed by atoms with Crippen molar-refractivity contribution in [3.05, 3.63) is 83.9 Å². The lowest BCUT2D eigenvalue weighted by atomic mass is 9.78. The number of benzene rings is 3. The van der Waals surface area contributed by atoms with Crippen LogP contribution in [0.5, 0.6) is 0 Å². The van der Waals surface area contributed by atoms with Gasteiger partial charge >= 0.3 is 0 Å². The number of aryl methyl sites for hydroxylation is 1. The molecule has 2 heteroatoms. The van der Waals surface area contributed by atoms with Crippen LogP contribution in [-0.2, 0) is 17.8 Å². The molecule has 1 aliphatic rings. The third kappa shape index (κ3) is 7.77. The van der Waals surface area contributed by atoms with Crippen LogP contribution in [0.15, 0.2) is 72.8 Å². The zero-order chi connectivity index (χ0) is 24.3. The first-order chi connectivity index (χ1) is 17.2. The number of rotatable bonds is 12. The standard InChI is InChI=1S/C33H41FO/c1-2-24-35-25-29-13-17-31(18-14-29)33-21-19-32(20-22-33)30-15-11-28(12-16-30)10-9-27-7-5-26(6-8-27)4-3-23-34/h11-22,26-27H,2-10,23-25H2,1H3. The predicted molar refractivity (Wildman–Crippen MR) is 146 cm³/mol. The van der Waals surface area contributed by atoms with E-state index in [9.17, 15) is 4.39 Å². The van der Waals surface area contributed by atoms with E-state index < -0.39 is 0 Å². The average Bonchev–Trinajstić information content (AvgIpc) is 2.92. The van der Waals surface area contributed by atoms with E-state index in [-0.39, 0.29) is 6.67 Å². The molecule has 0 spiro atoms. The lowest BCUT2D eigenvalue weighted by Crippen LogP contribution is -2.15. The Hall–Kier alpha value is -2.45. The van der Waals surface area contributed by atoms with Crippen LogP contribution in [0, 0.1) is 11.8 Å². The lowest BCUT2D eigenvalue weighted by molar-refractivity contribution is 0.121. The Labute approximate surface area is 211 Å². The molecule has 1 fully saturated rings. The van der Waals surface area contributed by atoms with Gasteiger partial charge in [0.05, 0.1) is 13.3 Å². The van der Waals surface area contributed by atoms with Crippen molar-refractivity contribution < 1.29 is 9.13 Å². The van der Waals surface area contributed by atoms with E-state index in [0.29, 0.717) is 6.61 Å². The molecule has 0 unspecified atom stereocenters. The summed E-state index contributed by atoms with van der Waals surface area (Å²) in [5.41, 5.74) is 7.68.